The Morgan fingerprint density at radius 3 is 2.25 bits per heavy atom. The van der Waals surface area contributed by atoms with Gasteiger partial charge in [0.2, 0.25) is 10.0 Å². The lowest BCUT2D eigenvalue weighted by Crippen LogP contribution is -2.39. The van der Waals surface area contributed by atoms with Gasteiger partial charge in [0.1, 0.15) is 0 Å². The van der Waals surface area contributed by atoms with E-state index in [9.17, 15) is 13.2 Å². The van der Waals surface area contributed by atoms with Gasteiger partial charge in [-0.15, -0.1) is 0 Å². The van der Waals surface area contributed by atoms with Crippen molar-refractivity contribution in [2.24, 2.45) is 0 Å². The van der Waals surface area contributed by atoms with Gasteiger partial charge in [0, 0.05) is 13.1 Å². The predicted octanol–water partition coefficient (Wildman–Crippen LogP) is 3.57. The Balaban J connectivity index is 2.06. The summed E-state index contributed by atoms with van der Waals surface area (Å²) >= 11 is 0. The number of sulfonamides is 1. The van der Waals surface area contributed by atoms with Crippen LogP contribution in [-0.4, -0.2) is 38.9 Å². The first-order valence-electron chi connectivity index (χ1n) is 8.94. The average Bonchev–Trinajstić information content (AvgIpc) is 2.70. The fraction of sp³-hybridized carbons (Fsp3) is 0.227. The zero-order valence-corrected chi connectivity index (χ0v) is 17.0. The molecular weight excluding hydrogens is 374 g/mol. The van der Waals surface area contributed by atoms with Gasteiger partial charge in [-0.1, -0.05) is 54.1 Å². The fourth-order valence-electron chi connectivity index (χ4n) is 3.13. The number of methoxy groups -OCH3 is 1. The smallest absolute Gasteiger partial charge is 0.335 e. The molecule has 146 valence electrons. The molecule has 5 nitrogen and oxygen atoms in total. The highest BCUT2D eigenvalue weighted by molar-refractivity contribution is 7.89. The quantitative estimate of drug-likeness (QED) is 0.740. The zero-order chi connectivity index (χ0) is 20.3. The highest BCUT2D eigenvalue weighted by Crippen LogP contribution is 2.29. The molecule has 0 aromatic heterocycles. The molecule has 0 fully saturated rings. The second kappa shape index (κ2) is 8.12. The molecule has 1 aliphatic rings. The SMILES string of the molecule is COC(=O)C1=C(C)/C(=C/c2ccccc2)CN(S(=O)(=O)c2ccc(C)cc2)C1. The lowest BCUT2D eigenvalue weighted by molar-refractivity contribution is -0.136. The van der Waals surface area contributed by atoms with E-state index in [-0.39, 0.29) is 18.0 Å². The van der Waals surface area contributed by atoms with Crippen LogP contribution in [-0.2, 0) is 19.6 Å². The number of carbonyl (C=O) groups excluding carboxylic acids is 1. The molecule has 2 aromatic carbocycles. The Morgan fingerprint density at radius 1 is 1.00 bits per heavy atom. The van der Waals surface area contributed by atoms with Crippen molar-refractivity contribution in [1.82, 2.24) is 4.31 Å². The second-order valence-corrected chi connectivity index (χ2v) is 8.70. The minimum Gasteiger partial charge on any atom is -0.466 e. The number of rotatable bonds is 4. The maximum absolute atomic E-state index is 13.2. The highest BCUT2D eigenvalue weighted by atomic mass is 32.2. The van der Waals surface area contributed by atoms with Crippen molar-refractivity contribution in [3.05, 3.63) is 82.4 Å². The van der Waals surface area contributed by atoms with Crippen LogP contribution in [0.25, 0.3) is 6.08 Å². The van der Waals surface area contributed by atoms with Crippen molar-refractivity contribution in [1.29, 1.82) is 0 Å². The van der Waals surface area contributed by atoms with Crippen molar-refractivity contribution in [2.45, 2.75) is 18.7 Å². The van der Waals surface area contributed by atoms with Gasteiger partial charge in [0.05, 0.1) is 17.6 Å². The molecule has 1 heterocycles. The van der Waals surface area contributed by atoms with Crippen LogP contribution in [0.2, 0.25) is 0 Å². The maximum Gasteiger partial charge on any atom is 0.335 e. The topological polar surface area (TPSA) is 63.7 Å². The summed E-state index contributed by atoms with van der Waals surface area (Å²) in [6, 6.07) is 16.3. The minimum atomic E-state index is -3.75. The number of nitrogens with zero attached hydrogens (tertiary/aromatic N) is 1. The van der Waals surface area contributed by atoms with Crippen LogP contribution < -0.4 is 0 Å². The number of aryl methyl sites for hydroxylation is 1. The number of hydrogen-bond donors (Lipinski definition) is 0. The van der Waals surface area contributed by atoms with Gasteiger partial charge in [-0.05, 0) is 42.7 Å². The largest absolute Gasteiger partial charge is 0.466 e. The molecule has 28 heavy (non-hydrogen) atoms. The Labute approximate surface area is 166 Å². The molecule has 0 spiro atoms. The third kappa shape index (κ3) is 4.08. The van der Waals surface area contributed by atoms with Crippen molar-refractivity contribution >= 4 is 22.1 Å². The number of carbonyl (C=O) groups is 1. The van der Waals surface area contributed by atoms with E-state index >= 15 is 0 Å². The normalized spacial score (nSPS) is 17.0. The maximum atomic E-state index is 13.2. The lowest BCUT2D eigenvalue weighted by Gasteiger charge is -2.30. The van der Waals surface area contributed by atoms with Gasteiger partial charge in [0.15, 0.2) is 0 Å². The van der Waals surface area contributed by atoms with Crippen LogP contribution in [0.4, 0.5) is 0 Å². The molecule has 0 aliphatic carbocycles. The Bertz CT molecular complexity index is 1040. The van der Waals surface area contributed by atoms with Crippen molar-refractivity contribution in [2.75, 3.05) is 20.2 Å². The molecule has 2 aromatic rings. The van der Waals surface area contributed by atoms with Crippen molar-refractivity contribution in [3.8, 4) is 0 Å². The monoisotopic (exact) mass is 397 g/mol. The highest BCUT2D eigenvalue weighted by Gasteiger charge is 2.33. The van der Waals surface area contributed by atoms with E-state index in [4.69, 9.17) is 4.74 Å². The van der Waals surface area contributed by atoms with E-state index in [2.05, 4.69) is 0 Å². The fourth-order valence-corrected chi connectivity index (χ4v) is 4.51. The van der Waals surface area contributed by atoms with Gasteiger partial charge in [-0.3, -0.25) is 0 Å². The number of hydrogen-bond acceptors (Lipinski definition) is 4. The third-order valence-electron chi connectivity index (χ3n) is 4.85. The molecule has 0 saturated heterocycles. The van der Waals surface area contributed by atoms with Gasteiger partial charge in [-0.25, -0.2) is 13.2 Å². The summed E-state index contributed by atoms with van der Waals surface area (Å²) < 4.78 is 32.6. The average molecular weight is 397 g/mol. The molecular formula is C22H23NO4S. The predicted molar refractivity (Wildman–Crippen MR) is 109 cm³/mol. The molecule has 0 N–H and O–H groups in total. The first kappa shape index (κ1) is 20.0. The van der Waals surface area contributed by atoms with Gasteiger partial charge in [-0.2, -0.15) is 4.31 Å². The summed E-state index contributed by atoms with van der Waals surface area (Å²) in [6.07, 6.45) is 1.91. The summed E-state index contributed by atoms with van der Waals surface area (Å²) in [7, 11) is -2.45. The van der Waals surface area contributed by atoms with Crippen molar-refractivity contribution in [3.63, 3.8) is 0 Å². The molecule has 0 saturated carbocycles. The van der Waals surface area contributed by atoms with Crippen LogP contribution in [0.3, 0.4) is 0 Å². The van der Waals surface area contributed by atoms with Gasteiger partial charge < -0.3 is 4.74 Å². The van der Waals surface area contributed by atoms with E-state index in [1.807, 2.05) is 50.3 Å². The first-order valence-corrected chi connectivity index (χ1v) is 10.4. The Kier molecular flexibility index (Phi) is 5.82. The van der Waals surface area contributed by atoms with Crippen molar-refractivity contribution < 1.29 is 17.9 Å². The molecule has 6 heteroatoms. The second-order valence-electron chi connectivity index (χ2n) is 6.76. The summed E-state index contributed by atoms with van der Waals surface area (Å²) in [5.74, 6) is -0.514. The van der Waals surface area contributed by atoms with Gasteiger partial charge >= 0.3 is 5.97 Å². The summed E-state index contributed by atoms with van der Waals surface area (Å²) in [5, 5.41) is 0. The first-order chi connectivity index (χ1) is 13.3. The summed E-state index contributed by atoms with van der Waals surface area (Å²) in [6.45, 7) is 3.91. The van der Waals surface area contributed by atoms with E-state index in [0.717, 1.165) is 22.3 Å². The van der Waals surface area contributed by atoms with Crippen LogP contribution in [0.1, 0.15) is 18.1 Å². The Morgan fingerprint density at radius 2 is 1.64 bits per heavy atom. The molecule has 0 amide bonds. The van der Waals surface area contributed by atoms with E-state index in [1.54, 1.807) is 24.3 Å². The standard InChI is InChI=1S/C22H23NO4S/c1-16-9-11-20(12-10-16)28(25,26)23-14-19(13-18-7-5-4-6-8-18)17(2)21(15-23)22(24)27-3/h4-13H,14-15H2,1-3H3/b19-13+. The van der Waals surface area contributed by atoms with Crippen LogP contribution in [0.15, 0.2) is 76.2 Å². The van der Waals surface area contributed by atoms with Crippen LogP contribution in [0.5, 0.6) is 0 Å². The number of esters is 1. The number of ether oxygens (including phenoxy) is 1. The number of benzene rings is 2. The molecule has 0 atom stereocenters. The van der Waals surface area contributed by atoms with Crippen LogP contribution >= 0.6 is 0 Å². The third-order valence-corrected chi connectivity index (χ3v) is 6.65. The minimum absolute atomic E-state index is 0.0130. The van der Waals surface area contributed by atoms with E-state index < -0.39 is 16.0 Å². The van der Waals surface area contributed by atoms with E-state index in [1.165, 1.54) is 11.4 Å². The van der Waals surface area contributed by atoms with Crippen LogP contribution in [0, 0.1) is 6.92 Å². The molecule has 3 rings (SSSR count). The molecule has 0 radical (unpaired) electrons. The molecule has 1 aliphatic heterocycles. The Hall–Kier alpha value is -2.70. The van der Waals surface area contributed by atoms with E-state index in [0.29, 0.717) is 5.57 Å². The summed E-state index contributed by atoms with van der Waals surface area (Å²) in [5.41, 5.74) is 3.80. The zero-order valence-electron chi connectivity index (χ0n) is 16.2. The lowest BCUT2D eigenvalue weighted by atomic mass is 9.96. The molecule has 0 unspecified atom stereocenters. The molecule has 0 bridgehead atoms. The summed E-state index contributed by atoms with van der Waals surface area (Å²) in [4.78, 5) is 12.5. The van der Waals surface area contributed by atoms with Gasteiger partial charge in [0.25, 0.3) is 0 Å².